The van der Waals surface area contributed by atoms with E-state index in [1.54, 1.807) is 7.11 Å². The number of aryl methyl sites for hydroxylation is 1. The Hall–Kier alpha value is -1.55. The lowest BCUT2D eigenvalue weighted by Gasteiger charge is -2.33. The molecule has 2 fully saturated rings. The van der Waals surface area contributed by atoms with Crippen LogP contribution in [0.2, 0.25) is 0 Å². The molecule has 2 atom stereocenters. The summed E-state index contributed by atoms with van der Waals surface area (Å²) in [7, 11) is 3.89. The number of ether oxygens (including phenoxy) is 1. The number of nitrogens with zero attached hydrogens (tertiary/aromatic N) is 2. The van der Waals surface area contributed by atoms with Crippen molar-refractivity contribution in [3.63, 3.8) is 0 Å². The lowest BCUT2D eigenvalue weighted by atomic mass is 10.0. The van der Waals surface area contributed by atoms with Crippen LogP contribution in [-0.2, 0) is 11.2 Å². The fourth-order valence-corrected chi connectivity index (χ4v) is 4.22. The van der Waals surface area contributed by atoms with Gasteiger partial charge in [-0.1, -0.05) is 18.2 Å². The molecule has 126 valence electrons. The van der Waals surface area contributed by atoms with Gasteiger partial charge in [0.1, 0.15) is 5.75 Å². The second kappa shape index (κ2) is 7.35. The third-order valence-corrected chi connectivity index (χ3v) is 5.44. The Balaban J connectivity index is 1.61. The van der Waals surface area contributed by atoms with Gasteiger partial charge in [0.15, 0.2) is 0 Å². The minimum absolute atomic E-state index is 0.304. The highest BCUT2D eigenvalue weighted by atomic mass is 16.5. The summed E-state index contributed by atoms with van der Waals surface area (Å²) in [5.41, 5.74) is 1.12. The van der Waals surface area contributed by atoms with Crippen molar-refractivity contribution < 1.29 is 9.53 Å². The number of likely N-dealkylation sites (tertiary alicyclic amines) is 2. The zero-order valence-corrected chi connectivity index (χ0v) is 14.3. The van der Waals surface area contributed by atoms with Crippen molar-refractivity contribution in [2.24, 2.45) is 0 Å². The van der Waals surface area contributed by atoms with Gasteiger partial charge in [-0.3, -0.25) is 4.79 Å². The largest absolute Gasteiger partial charge is 0.496 e. The van der Waals surface area contributed by atoms with Crippen LogP contribution >= 0.6 is 0 Å². The number of amides is 1. The number of likely N-dealkylation sites (N-methyl/N-ethyl adjacent to an activating group) is 1. The second-order valence-corrected chi connectivity index (χ2v) is 6.80. The number of hydrogen-bond acceptors (Lipinski definition) is 3. The van der Waals surface area contributed by atoms with Gasteiger partial charge in [-0.2, -0.15) is 0 Å². The summed E-state index contributed by atoms with van der Waals surface area (Å²) in [6.45, 7) is 2.10. The summed E-state index contributed by atoms with van der Waals surface area (Å²) >= 11 is 0. The fourth-order valence-electron chi connectivity index (χ4n) is 4.22. The highest BCUT2D eigenvalue weighted by Gasteiger charge is 2.38. The highest BCUT2D eigenvalue weighted by Crippen LogP contribution is 2.30. The van der Waals surface area contributed by atoms with Crippen molar-refractivity contribution >= 4 is 5.91 Å². The molecule has 0 unspecified atom stereocenters. The quantitative estimate of drug-likeness (QED) is 0.837. The number of carbonyl (C=O) groups excluding carboxylic acids is 1. The molecule has 3 rings (SSSR count). The van der Waals surface area contributed by atoms with E-state index in [2.05, 4.69) is 22.9 Å². The SMILES string of the molecule is COc1ccccc1CCC(=O)N1CCC[C@H]1[C@H]1CCCN1C. The van der Waals surface area contributed by atoms with E-state index in [4.69, 9.17) is 4.74 Å². The predicted octanol–water partition coefficient (Wildman–Crippen LogP) is 2.71. The monoisotopic (exact) mass is 316 g/mol. The first kappa shape index (κ1) is 16.3. The van der Waals surface area contributed by atoms with E-state index in [9.17, 15) is 4.79 Å². The van der Waals surface area contributed by atoms with Crippen molar-refractivity contribution in [3.05, 3.63) is 29.8 Å². The first-order valence-corrected chi connectivity index (χ1v) is 8.82. The predicted molar refractivity (Wildman–Crippen MR) is 91.7 cm³/mol. The fraction of sp³-hybridized carbons (Fsp3) is 0.632. The Kier molecular flexibility index (Phi) is 5.21. The van der Waals surface area contributed by atoms with Crippen LogP contribution in [0.25, 0.3) is 0 Å². The third-order valence-electron chi connectivity index (χ3n) is 5.44. The zero-order valence-electron chi connectivity index (χ0n) is 14.3. The average Bonchev–Trinajstić information content (AvgIpc) is 3.21. The van der Waals surface area contributed by atoms with Gasteiger partial charge in [0.05, 0.1) is 7.11 Å². The maximum atomic E-state index is 12.8. The number of methoxy groups -OCH3 is 1. The smallest absolute Gasteiger partial charge is 0.223 e. The van der Waals surface area contributed by atoms with Gasteiger partial charge in [-0.25, -0.2) is 0 Å². The Morgan fingerprint density at radius 2 is 1.91 bits per heavy atom. The Labute approximate surface area is 139 Å². The Morgan fingerprint density at radius 1 is 1.17 bits per heavy atom. The normalized spacial score (nSPS) is 25.0. The molecular weight excluding hydrogens is 288 g/mol. The van der Waals surface area contributed by atoms with Crippen LogP contribution in [0.1, 0.15) is 37.7 Å². The van der Waals surface area contributed by atoms with Crippen LogP contribution in [0.4, 0.5) is 0 Å². The van der Waals surface area contributed by atoms with E-state index in [0.29, 0.717) is 24.4 Å². The maximum absolute atomic E-state index is 12.8. The second-order valence-electron chi connectivity index (χ2n) is 6.80. The first-order valence-electron chi connectivity index (χ1n) is 8.82. The minimum Gasteiger partial charge on any atom is -0.496 e. The van der Waals surface area contributed by atoms with Crippen LogP contribution in [0, 0.1) is 0 Å². The molecule has 1 aromatic rings. The standard InChI is InChI=1S/C19H28N2O2/c1-20-13-5-8-16(20)17-9-6-14-21(17)19(22)12-11-15-7-3-4-10-18(15)23-2/h3-4,7,10,16-17H,5-6,8-9,11-14H2,1-2H3/t16-,17+/m1/s1. The number of para-hydroxylation sites is 1. The molecule has 0 N–H and O–H groups in total. The molecule has 2 aliphatic rings. The molecule has 0 bridgehead atoms. The van der Waals surface area contributed by atoms with Crippen molar-refractivity contribution in [2.75, 3.05) is 27.2 Å². The van der Waals surface area contributed by atoms with Crippen LogP contribution in [0.5, 0.6) is 5.75 Å². The molecule has 4 nitrogen and oxygen atoms in total. The zero-order chi connectivity index (χ0) is 16.2. The van der Waals surface area contributed by atoms with Crippen LogP contribution in [0.15, 0.2) is 24.3 Å². The molecule has 0 aromatic heterocycles. The Morgan fingerprint density at radius 3 is 2.65 bits per heavy atom. The Bertz CT molecular complexity index is 546. The highest BCUT2D eigenvalue weighted by molar-refractivity contribution is 5.77. The van der Waals surface area contributed by atoms with Crippen LogP contribution < -0.4 is 4.74 Å². The molecule has 2 aliphatic heterocycles. The average molecular weight is 316 g/mol. The van der Waals surface area contributed by atoms with E-state index in [-0.39, 0.29) is 0 Å². The van der Waals surface area contributed by atoms with Crippen molar-refractivity contribution in [1.82, 2.24) is 9.80 Å². The summed E-state index contributed by atoms with van der Waals surface area (Å²) in [6.07, 6.45) is 6.14. The minimum atomic E-state index is 0.304. The molecule has 2 saturated heterocycles. The summed E-state index contributed by atoms with van der Waals surface area (Å²) in [6, 6.07) is 8.98. The summed E-state index contributed by atoms with van der Waals surface area (Å²) in [5.74, 6) is 1.19. The van der Waals surface area contributed by atoms with Crippen molar-refractivity contribution in [2.45, 2.75) is 50.6 Å². The molecule has 0 spiro atoms. The maximum Gasteiger partial charge on any atom is 0.223 e. The number of rotatable bonds is 5. The van der Waals surface area contributed by atoms with Gasteiger partial charge in [-0.15, -0.1) is 0 Å². The molecule has 0 radical (unpaired) electrons. The van der Waals surface area contributed by atoms with Gasteiger partial charge in [0, 0.05) is 25.0 Å². The van der Waals surface area contributed by atoms with Crippen molar-refractivity contribution in [3.8, 4) is 5.75 Å². The van der Waals surface area contributed by atoms with Crippen LogP contribution in [-0.4, -0.2) is 55.0 Å². The van der Waals surface area contributed by atoms with Gasteiger partial charge >= 0.3 is 0 Å². The van der Waals surface area contributed by atoms with Gasteiger partial charge < -0.3 is 14.5 Å². The van der Waals surface area contributed by atoms with Gasteiger partial charge in [0.2, 0.25) is 5.91 Å². The van der Waals surface area contributed by atoms with Crippen molar-refractivity contribution in [1.29, 1.82) is 0 Å². The summed E-state index contributed by atoms with van der Waals surface area (Å²) < 4.78 is 5.39. The molecule has 23 heavy (non-hydrogen) atoms. The molecule has 1 aromatic carbocycles. The number of hydrogen-bond donors (Lipinski definition) is 0. The molecule has 2 heterocycles. The van der Waals surface area contributed by atoms with E-state index < -0.39 is 0 Å². The first-order chi connectivity index (χ1) is 11.2. The molecule has 0 aliphatic carbocycles. The van der Waals surface area contributed by atoms with Gasteiger partial charge in [-0.05, 0) is 57.3 Å². The summed E-state index contributed by atoms with van der Waals surface area (Å²) in [5, 5.41) is 0. The lowest BCUT2D eigenvalue weighted by molar-refractivity contribution is -0.132. The van der Waals surface area contributed by atoms with E-state index >= 15 is 0 Å². The van der Waals surface area contributed by atoms with E-state index in [1.165, 1.54) is 19.4 Å². The molecule has 4 heteroatoms. The van der Waals surface area contributed by atoms with Crippen LogP contribution in [0.3, 0.4) is 0 Å². The van der Waals surface area contributed by atoms with Gasteiger partial charge in [0.25, 0.3) is 0 Å². The number of benzene rings is 1. The molecule has 0 saturated carbocycles. The summed E-state index contributed by atoms with van der Waals surface area (Å²) in [4.78, 5) is 17.4. The molecular formula is C19H28N2O2. The molecule has 1 amide bonds. The third kappa shape index (κ3) is 3.52. The lowest BCUT2D eigenvalue weighted by Crippen LogP contribution is -2.47. The number of carbonyl (C=O) groups is 1. The topological polar surface area (TPSA) is 32.8 Å². The van der Waals surface area contributed by atoms with E-state index in [0.717, 1.165) is 37.1 Å². The van der Waals surface area contributed by atoms with E-state index in [1.807, 2.05) is 18.2 Å².